The summed E-state index contributed by atoms with van der Waals surface area (Å²) < 4.78 is 23.2. The third-order valence-electron chi connectivity index (χ3n) is 1.84. The fraction of sp³-hybridized carbons (Fsp3) is 0.100. The molecule has 1 heterocycles. The van der Waals surface area contributed by atoms with Crippen LogP contribution in [-0.4, -0.2) is 4.98 Å². The summed E-state index contributed by atoms with van der Waals surface area (Å²) in [6, 6.07) is 4.05. The van der Waals surface area contributed by atoms with Gasteiger partial charge in [-0.3, -0.25) is 0 Å². The van der Waals surface area contributed by atoms with Crippen molar-refractivity contribution in [2.45, 2.75) is 6.54 Å². The number of nitrogens with zero attached hydrogens (tertiary/aromatic N) is 1. The summed E-state index contributed by atoms with van der Waals surface area (Å²) in [5.74, 6) is -0.308. The van der Waals surface area contributed by atoms with Crippen molar-refractivity contribution in [1.82, 2.24) is 4.98 Å². The van der Waals surface area contributed by atoms with Crippen LogP contribution in [0.25, 0.3) is 0 Å². The van der Waals surface area contributed by atoms with Crippen molar-refractivity contribution in [2.75, 3.05) is 0 Å². The van der Waals surface area contributed by atoms with Crippen LogP contribution in [0.2, 0.25) is 5.02 Å². The third-order valence-corrected chi connectivity index (χ3v) is 2.14. The van der Waals surface area contributed by atoms with E-state index in [1.54, 1.807) is 0 Å². The molecule has 0 bridgehead atoms. The highest BCUT2D eigenvalue weighted by molar-refractivity contribution is 6.30. The van der Waals surface area contributed by atoms with Gasteiger partial charge >= 0.3 is 6.08 Å². The van der Waals surface area contributed by atoms with Gasteiger partial charge in [0.2, 0.25) is 0 Å². The molecular formula is C10H8ClFN2O2. The number of hydrogen-bond donors (Lipinski definition) is 1. The van der Waals surface area contributed by atoms with Gasteiger partial charge in [-0.15, -0.1) is 0 Å². The first-order chi connectivity index (χ1) is 7.69. The Morgan fingerprint density at radius 2 is 2.31 bits per heavy atom. The first-order valence-corrected chi connectivity index (χ1v) is 4.84. The Labute approximate surface area is 95.8 Å². The lowest BCUT2D eigenvalue weighted by atomic mass is 10.3. The number of oxazole rings is 1. The van der Waals surface area contributed by atoms with Crippen molar-refractivity contribution >= 4 is 11.6 Å². The minimum absolute atomic E-state index is 0.0159. The number of aromatic nitrogens is 1. The molecule has 1 aromatic carbocycles. The molecule has 84 valence electrons. The van der Waals surface area contributed by atoms with Crippen molar-refractivity contribution in [3.05, 3.63) is 41.0 Å². The van der Waals surface area contributed by atoms with E-state index in [1.807, 2.05) is 0 Å². The van der Waals surface area contributed by atoms with Crippen LogP contribution in [0.4, 0.5) is 4.39 Å². The van der Waals surface area contributed by atoms with Crippen molar-refractivity contribution in [1.29, 1.82) is 0 Å². The van der Waals surface area contributed by atoms with Gasteiger partial charge in [0.25, 0.3) is 0 Å². The van der Waals surface area contributed by atoms with Gasteiger partial charge in [-0.05, 0) is 12.1 Å². The summed E-state index contributed by atoms with van der Waals surface area (Å²) in [5.41, 5.74) is 5.90. The Balaban J connectivity index is 2.17. The minimum atomic E-state index is -0.565. The normalized spacial score (nSPS) is 10.4. The van der Waals surface area contributed by atoms with Crippen LogP contribution in [0, 0.1) is 5.82 Å². The molecule has 0 aliphatic carbocycles. The zero-order valence-electron chi connectivity index (χ0n) is 8.11. The van der Waals surface area contributed by atoms with Gasteiger partial charge in [0.15, 0.2) is 0 Å². The first kappa shape index (κ1) is 10.9. The predicted octanol–water partition coefficient (Wildman–Crippen LogP) is 2.72. The third kappa shape index (κ3) is 2.32. The van der Waals surface area contributed by atoms with E-state index in [0.29, 0.717) is 5.69 Å². The van der Waals surface area contributed by atoms with Crippen molar-refractivity contribution in [2.24, 2.45) is 5.73 Å². The van der Waals surface area contributed by atoms with Crippen LogP contribution in [0.15, 0.2) is 28.9 Å². The Morgan fingerprint density at radius 1 is 1.50 bits per heavy atom. The Hall–Kier alpha value is -1.59. The van der Waals surface area contributed by atoms with E-state index < -0.39 is 5.82 Å². The molecular weight excluding hydrogens is 235 g/mol. The van der Waals surface area contributed by atoms with Crippen LogP contribution in [0.3, 0.4) is 0 Å². The van der Waals surface area contributed by atoms with Crippen molar-refractivity contribution < 1.29 is 13.5 Å². The van der Waals surface area contributed by atoms with E-state index in [0.717, 1.165) is 6.07 Å². The molecule has 0 unspecified atom stereocenters. The van der Waals surface area contributed by atoms with E-state index in [-0.39, 0.29) is 23.4 Å². The summed E-state index contributed by atoms with van der Waals surface area (Å²) in [7, 11) is 0. The molecule has 0 spiro atoms. The van der Waals surface area contributed by atoms with E-state index in [1.165, 1.54) is 18.4 Å². The predicted molar refractivity (Wildman–Crippen MR) is 55.9 cm³/mol. The van der Waals surface area contributed by atoms with Crippen LogP contribution in [0.1, 0.15) is 5.69 Å². The largest absolute Gasteiger partial charge is 0.417 e. The summed E-state index contributed by atoms with van der Waals surface area (Å²) in [4.78, 5) is 3.91. The van der Waals surface area contributed by atoms with E-state index in [4.69, 9.17) is 26.5 Å². The fourth-order valence-electron chi connectivity index (χ4n) is 1.07. The molecule has 0 amide bonds. The number of hydrogen-bond acceptors (Lipinski definition) is 4. The summed E-state index contributed by atoms with van der Waals surface area (Å²) in [6.45, 7) is 0.252. The van der Waals surface area contributed by atoms with Gasteiger partial charge in [-0.25, -0.2) is 4.39 Å². The molecule has 0 aliphatic rings. The molecule has 0 saturated carbocycles. The molecule has 2 rings (SSSR count). The highest BCUT2D eigenvalue weighted by Crippen LogP contribution is 2.24. The number of benzene rings is 1. The van der Waals surface area contributed by atoms with Gasteiger partial charge in [0, 0.05) is 12.6 Å². The number of ether oxygens (including phenoxy) is 1. The SMILES string of the molecule is NCc1coc(Oc2ccc(Cl)c(F)c2)n1. The molecule has 0 fully saturated rings. The fourth-order valence-corrected chi connectivity index (χ4v) is 1.19. The maximum atomic E-state index is 13.1. The molecule has 0 radical (unpaired) electrons. The van der Waals surface area contributed by atoms with Gasteiger partial charge < -0.3 is 14.9 Å². The van der Waals surface area contributed by atoms with Gasteiger partial charge in [0.1, 0.15) is 17.8 Å². The molecule has 6 heteroatoms. The highest BCUT2D eigenvalue weighted by Gasteiger charge is 2.07. The lowest BCUT2D eigenvalue weighted by Crippen LogP contribution is -1.95. The average molecular weight is 243 g/mol. The molecule has 0 atom stereocenters. The standard InChI is InChI=1S/C10H8ClFN2O2/c11-8-2-1-7(3-9(8)12)16-10-14-6(4-13)5-15-10/h1-3,5H,4,13H2. The lowest BCUT2D eigenvalue weighted by Gasteiger charge is -2.00. The van der Waals surface area contributed by atoms with Crippen LogP contribution < -0.4 is 10.5 Å². The second-order valence-electron chi connectivity index (χ2n) is 2.99. The maximum Gasteiger partial charge on any atom is 0.399 e. The molecule has 16 heavy (non-hydrogen) atoms. The van der Waals surface area contributed by atoms with Gasteiger partial charge in [-0.1, -0.05) is 11.6 Å². The average Bonchev–Trinajstić information content (AvgIpc) is 2.71. The zero-order chi connectivity index (χ0) is 11.5. The number of nitrogens with two attached hydrogens (primary N) is 1. The zero-order valence-corrected chi connectivity index (χ0v) is 8.87. The molecule has 4 nitrogen and oxygen atoms in total. The molecule has 0 saturated heterocycles. The first-order valence-electron chi connectivity index (χ1n) is 4.46. The van der Waals surface area contributed by atoms with E-state index in [9.17, 15) is 4.39 Å². The van der Waals surface area contributed by atoms with E-state index >= 15 is 0 Å². The summed E-state index contributed by atoms with van der Waals surface area (Å²) in [6.07, 6.45) is 1.39. The molecule has 2 aromatic rings. The second-order valence-corrected chi connectivity index (χ2v) is 3.39. The second kappa shape index (κ2) is 4.51. The van der Waals surface area contributed by atoms with Crippen molar-refractivity contribution in [3.63, 3.8) is 0 Å². The summed E-state index contributed by atoms with van der Waals surface area (Å²) in [5, 5.41) is 0.0300. The topological polar surface area (TPSA) is 61.3 Å². The molecule has 0 aliphatic heterocycles. The van der Waals surface area contributed by atoms with E-state index in [2.05, 4.69) is 4.98 Å². The minimum Gasteiger partial charge on any atom is -0.417 e. The monoisotopic (exact) mass is 242 g/mol. The van der Waals surface area contributed by atoms with Gasteiger partial charge in [0.05, 0.1) is 10.7 Å². The smallest absolute Gasteiger partial charge is 0.399 e. The quantitative estimate of drug-likeness (QED) is 0.899. The lowest BCUT2D eigenvalue weighted by molar-refractivity contribution is 0.329. The number of rotatable bonds is 3. The molecule has 1 aromatic heterocycles. The van der Waals surface area contributed by atoms with Gasteiger partial charge in [-0.2, -0.15) is 4.98 Å². The Kier molecular flexibility index (Phi) is 3.07. The van der Waals surface area contributed by atoms with Crippen molar-refractivity contribution in [3.8, 4) is 11.8 Å². The Bertz CT molecular complexity index is 501. The van der Waals surface area contributed by atoms with Crippen LogP contribution in [-0.2, 0) is 6.54 Å². The van der Waals surface area contributed by atoms with Crippen LogP contribution >= 0.6 is 11.6 Å². The van der Waals surface area contributed by atoms with Crippen LogP contribution in [0.5, 0.6) is 11.8 Å². The maximum absolute atomic E-state index is 13.1. The number of halogens is 2. The highest BCUT2D eigenvalue weighted by atomic mass is 35.5. The summed E-state index contributed by atoms with van der Waals surface area (Å²) >= 11 is 5.52. The Morgan fingerprint density at radius 3 is 2.94 bits per heavy atom. The molecule has 2 N–H and O–H groups in total.